The quantitative estimate of drug-likeness (QED) is 0.466. The van der Waals surface area contributed by atoms with Gasteiger partial charge in [0.25, 0.3) is 0 Å². The van der Waals surface area contributed by atoms with Gasteiger partial charge in [-0.1, -0.05) is 0 Å². The van der Waals surface area contributed by atoms with Crippen LogP contribution in [0.2, 0.25) is 0 Å². The third kappa shape index (κ3) is 9.64. The number of aliphatic hydroxyl groups excluding tert-OH is 1. The van der Waals surface area contributed by atoms with Gasteiger partial charge in [-0.05, 0) is 25.7 Å². The number of carbonyl (C=O) groups is 1. The number of halogens is 1. The summed E-state index contributed by atoms with van der Waals surface area (Å²) in [5, 5.41) is 11.3. The molecule has 0 heterocycles. The van der Waals surface area contributed by atoms with E-state index < -0.39 is 0 Å². The summed E-state index contributed by atoms with van der Waals surface area (Å²) < 4.78 is 0. The maximum absolute atomic E-state index is 11.0. The smallest absolute Gasteiger partial charge is 0.220 e. The predicted molar refractivity (Wildman–Crippen MR) is 53.9 cm³/mol. The van der Waals surface area contributed by atoms with E-state index in [4.69, 9.17) is 16.7 Å². The molecule has 0 radical (unpaired) electrons. The SMILES string of the molecule is O=C(CCCCl)NCCCCCO. The molecular weight excluding hydrogens is 190 g/mol. The summed E-state index contributed by atoms with van der Waals surface area (Å²) in [6.45, 7) is 0.946. The van der Waals surface area contributed by atoms with Crippen molar-refractivity contribution >= 4 is 17.5 Å². The molecule has 0 atom stereocenters. The van der Waals surface area contributed by atoms with E-state index in [9.17, 15) is 4.79 Å². The van der Waals surface area contributed by atoms with Crippen molar-refractivity contribution in [1.29, 1.82) is 0 Å². The first-order chi connectivity index (χ1) is 6.31. The Morgan fingerprint density at radius 2 is 2.00 bits per heavy atom. The predicted octanol–water partition coefficient (Wildman–Crippen LogP) is 1.28. The molecule has 0 aromatic heterocycles. The van der Waals surface area contributed by atoms with E-state index in [0.29, 0.717) is 18.8 Å². The lowest BCUT2D eigenvalue weighted by Crippen LogP contribution is -2.24. The van der Waals surface area contributed by atoms with Crippen LogP contribution in [0.4, 0.5) is 0 Å². The second-order valence-corrected chi connectivity index (χ2v) is 3.30. The van der Waals surface area contributed by atoms with E-state index in [0.717, 1.165) is 25.7 Å². The lowest BCUT2D eigenvalue weighted by atomic mass is 10.2. The molecule has 4 heteroatoms. The summed E-state index contributed by atoms with van der Waals surface area (Å²) in [5.74, 6) is 0.613. The van der Waals surface area contributed by atoms with Gasteiger partial charge in [-0.25, -0.2) is 0 Å². The second kappa shape index (κ2) is 9.81. The average Bonchev–Trinajstić information content (AvgIpc) is 2.14. The molecular formula is C9H18ClNO2. The Morgan fingerprint density at radius 1 is 1.23 bits per heavy atom. The molecule has 0 spiro atoms. The minimum Gasteiger partial charge on any atom is -0.396 e. The summed E-state index contributed by atoms with van der Waals surface area (Å²) >= 11 is 5.44. The topological polar surface area (TPSA) is 49.3 Å². The molecule has 2 N–H and O–H groups in total. The van der Waals surface area contributed by atoms with Crippen molar-refractivity contribution in [2.45, 2.75) is 32.1 Å². The Labute approximate surface area is 84.5 Å². The summed E-state index contributed by atoms with van der Waals surface area (Å²) in [4.78, 5) is 11.0. The number of hydrogen-bond acceptors (Lipinski definition) is 2. The summed E-state index contributed by atoms with van der Waals surface area (Å²) in [6.07, 6.45) is 3.98. The largest absolute Gasteiger partial charge is 0.396 e. The fourth-order valence-corrected chi connectivity index (χ4v) is 1.09. The highest BCUT2D eigenvalue weighted by Gasteiger charge is 1.98. The van der Waals surface area contributed by atoms with E-state index in [1.54, 1.807) is 0 Å². The number of hydrogen-bond donors (Lipinski definition) is 2. The van der Waals surface area contributed by atoms with E-state index in [1.165, 1.54) is 0 Å². The van der Waals surface area contributed by atoms with E-state index in [-0.39, 0.29) is 12.5 Å². The number of rotatable bonds is 8. The molecule has 0 aromatic rings. The van der Waals surface area contributed by atoms with Gasteiger partial charge < -0.3 is 10.4 Å². The average molecular weight is 208 g/mol. The van der Waals surface area contributed by atoms with Gasteiger partial charge in [-0.2, -0.15) is 0 Å². The Bertz CT molecular complexity index is 131. The van der Waals surface area contributed by atoms with Gasteiger partial charge in [0.05, 0.1) is 0 Å². The Morgan fingerprint density at radius 3 is 2.62 bits per heavy atom. The van der Waals surface area contributed by atoms with Crippen LogP contribution in [-0.4, -0.2) is 30.0 Å². The minimum atomic E-state index is 0.0737. The van der Waals surface area contributed by atoms with Crippen molar-refractivity contribution in [2.24, 2.45) is 0 Å². The molecule has 0 saturated carbocycles. The maximum Gasteiger partial charge on any atom is 0.220 e. The zero-order valence-electron chi connectivity index (χ0n) is 7.89. The molecule has 0 bridgehead atoms. The van der Waals surface area contributed by atoms with Crippen LogP contribution in [0.25, 0.3) is 0 Å². The van der Waals surface area contributed by atoms with Crippen LogP contribution < -0.4 is 5.32 Å². The number of unbranched alkanes of at least 4 members (excludes halogenated alkanes) is 2. The van der Waals surface area contributed by atoms with Gasteiger partial charge >= 0.3 is 0 Å². The molecule has 1 amide bonds. The van der Waals surface area contributed by atoms with E-state index in [2.05, 4.69) is 5.32 Å². The molecule has 78 valence electrons. The van der Waals surface area contributed by atoms with Gasteiger partial charge in [-0.15, -0.1) is 11.6 Å². The zero-order valence-corrected chi connectivity index (χ0v) is 8.65. The first kappa shape index (κ1) is 12.7. The van der Waals surface area contributed by atoms with Crippen molar-refractivity contribution in [1.82, 2.24) is 5.32 Å². The normalized spacial score (nSPS) is 10.0. The first-order valence-corrected chi connectivity index (χ1v) is 5.28. The number of amides is 1. The molecule has 0 fully saturated rings. The van der Waals surface area contributed by atoms with Gasteiger partial charge in [0, 0.05) is 25.5 Å². The first-order valence-electron chi connectivity index (χ1n) is 4.74. The highest BCUT2D eigenvalue weighted by atomic mass is 35.5. The maximum atomic E-state index is 11.0. The summed E-state index contributed by atoms with van der Waals surface area (Å²) in [7, 11) is 0. The van der Waals surface area contributed by atoms with Crippen LogP contribution in [0.5, 0.6) is 0 Å². The van der Waals surface area contributed by atoms with E-state index in [1.807, 2.05) is 0 Å². The lowest BCUT2D eigenvalue weighted by Gasteiger charge is -2.03. The van der Waals surface area contributed by atoms with Crippen molar-refractivity contribution in [3.8, 4) is 0 Å². The zero-order chi connectivity index (χ0) is 9.94. The van der Waals surface area contributed by atoms with Gasteiger partial charge in [0.15, 0.2) is 0 Å². The number of aliphatic hydroxyl groups is 1. The molecule has 0 aliphatic carbocycles. The molecule has 0 aromatic carbocycles. The number of nitrogens with one attached hydrogen (secondary N) is 1. The highest BCUT2D eigenvalue weighted by molar-refractivity contribution is 6.17. The molecule has 0 saturated heterocycles. The van der Waals surface area contributed by atoms with Gasteiger partial charge in [0.1, 0.15) is 0 Å². The van der Waals surface area contributed by atoms with Crippen LogP contribution in [-0.2, 0) is 4.79 Å². The lowest BCUT2D eigenvalue weighted by molar-refractivity contribution is -0.121. The number of alkyl halides is 1. The van der Waals surface area contributed by atoms with Crippen LogP contribution in [0.1, 0.15) is 32.1 Å². The molecule has 0 rings (SSSR count). The molecule has 0 aliphatic rings. The van der Waals surface area contributed by atoms with Crippen molar-refractivity contribution in [3.63, 3.8) is 0 Å². The van der Waals surface area contributed by atoms with Crippen LogP contribution in [0, 0.1) is 0 Å². The van der Waals surface area contributed by atoms with E-state index >= 15 is 0 Å². The van der Waals surface area contributed by atoms with Crippen LogP contribution in [0.15, 0.2) is 0 Å². The molecule has 0 unspecified atom stereocenters. The van der Waals surface area contributed by atoms with Crippen LogP contribution >= 0.6 is 11.6 Å². The summed E-state index contributed by atoms with van der Waals surface area (Å²) in [5.41, 5.74) is 0. The number of carbonyl (C=O) groups excluding carboxylic acids is 1. The van der Waals surface area contributed by atoms with Crippen molar-refractivity contribution in [2.75, 3.05) is 19.0 Å². The minimum absolute atomic E-state index is 0.0737. The Kier molecular flexibility index (Phi) is 9.59. The fraction of sp³-hybridized carbons (Fsp3) is 0.889. The standard InChI is InChI=1S/C9H18ClNO2/c10-6-4-5-9(13)11-7-2-1-3-8-12/h12H,1-8H2,(H,11,13). The van der Waals surface area contributed by atoms with Gasteiger partial charge in [0.2, 0.25) is 5.91 Å². The Hall–Kier alpha value is -0.280. The third-order valence-electron chi connectivity index (χ3n) is 1.69. The van der Waals surface area contributed by atoms with Crippen molar-refractivity contribution < 1.29 is 9.90 Å². The molecule has 0 aliphatic heterocycles. The highest BCUT2D eigenvalue weighted by Crippen LogP contribution is 1.94. The fourth-order valence-electron chi connectivity index (χ4n) is 0.957. The molecule has 13 heavy (non-hydrogen) atoms. The summed E-state index contributed by atoms with van der Waals surface area (Å²) in [6, 6.07) is 0. The second-order valence-electron chi connectivity index (χ2n) is 2.93. The van der Waals surface area contributed by atoms with Crippen LogP contribution in [0.3, 0.4) is 0 Å². The third-order valence-corrected chi connectivity index (χ3v) is 1.96. The molecule has 3 nitrogen and oxygen atoms in total. The van der Waals surface area contributed by atoms with Crippen molar-refractivity contribution in [3.05, 3.63) is 0 Å². The monoisotopic (exact) mass is 207 g/mol. The van der Waals surface area contributed by atoms with Gasteiger partial charge in [-0.3, -0.25) is 4.79 Å². The Balaban J connectivity index is 3.08.